The van der Waals surface area contributed by atoms with E-state index in [0.29, 0.717) is 15.9 Å². The Morgan fingerprint density at radius 3 is 3.05 bits per heavy atom. The maximum atomic E-state index is 11.8. The number of urea groups is 1. The SMILES string of the molecule is C[C@H](O)CN(C)C(=O)Nc1ncc(Oc2cccnc2)s1. The van der Waals surface area contributed by atoms with Crippen molar-refractivity contribution in [2.24, 2.45) is 0 Å². The van der Waals surface area contributed by atoms with Crippen LogP contribution >= 0.6 is 11.3 Å². The van der Waals surface area contributed by atoms with Crippen LogP contribution in [0, 0.1) is 0 Å². The molecule has 2 aromatic heterocycles. The van der Waals surface area contributed by atoms with Crippen LogP contribution < -0.4 is 10.1 Å². The first kappa shape index (κ1) is 15.2. The number of hydrogen-bond donors (Lipinski definition) is 2. The van der Waals surface area contributed by atoms with Gasteiger partial charge in [0, 0.05) is 19.8 Å². The molecule has 8 heteroatoms. The van der Waals surface area contributed by atoms with Gasteiger partial charge in [-0.3, -0.25) is 10.3 Å². The number of nitrogens with one attached hydrogen (secondary N) is 1. The van der Waals surface area contributed by atoms with Crippen LogP contribution in [-0.2, 0) is 0 Å². The predicted molar refractivity (Wildman–Crippen MR) is 79.8 cm³/mol. The second kappa shape index (κ2) is 7.00. The van der Waals surface area contributed by atoms with E-state index in [2.05, 4.69) is 15.3 Å². The van der Waals surface area contributed by atoms with E-state index in [-0.39, 0.29) is 12.6 Å². The van der Waals surface area contributed by atoms with Crippen molar-refractivity contribution in [2.75, 3.05) is 18.9 Å². The molecule has 0 spiro atoms. The van der Waals surface area contributed by atoms with Crippen molar-refractivity contribution in [3.8, 4) is 10.8 Å². The summed E-state index contributed by atoms with van der Waals surface area (Å²) in [6.07, 6.45) is 4.20. The summed E-state index contributed by atoms with van der Waals surface area (Å²) < 4.78 is 5.55. The zero-order valence-electron chi connectivity index (χ0n) is 11.7. The molecule has 0 saturated carbocycles. The summed E-state index contributed by atoms with van der Waals surface area (Å²) in [4.78, 5) is 21.2. The lowest BCUT2D eigenvalue weighted by atomic mass is 10.4. The molecule has 0 aliphatic rings. The number of hydrogen-bond acceptors (Lipinski definition) is 6. The molecule has 21 heavy (non-hydrogen) atoms. The highest BCUT2D eigenvalue weighted by molar-refractivity contribution is 7.17. The zero-order valence-corrected chi connectivity index (χ0v) is 12.5. The molecule has 0 aliphatic carbocycles. The number of carbonyl (C=O) groups is 1. The summed E-state index contributed by atoms with van der Waals surface area (Å²) in [6.45, 7) is 1.86. The number of amides is 2. The van der Waals surface area contributed by atoms with E-state index in [1.807, 2.05) is 0 Å². The van der Waals surface area contributed by atoms with Crippen LogP contribution in [0.5, 0.6) is 10.8 Å². The second-order valence-electron chi connectivity index (χ2n) is 4.43. The van der Waals surface area contributed by atoms with Gasteiger partial charge in [0.05, 0.1) is 18.5 Å². The number of thiazole rings is 1. The number of pyridine rings is 1. The average Bonchev–Trinajstić information content (AvgIpc) is 2.86. The quantitative estimate of drug-likeness (QED) is 0.884. The van der Waals surface area contributed by atoms with Gasteiger partial charge in [0.25, 0.3) is 0 Å². The van der Waals surface area contributed by atoms with Gasteiger partial charge in [0.1, 0.15) is 5.75 Å². The van der Waals surface area contributed by atoms with Crippen LogP contribution in [0.15, 0.2) is 30.7 Å². The Hall–Kier alpha value is -2.19. The fraction of sp³-hybridized carbons (Fsp3) is 0.308. The summed E-state index contributed by atoms with van der Waals surface area (Å²) >= 11 is 1.21. The van der Waals surface area contributed by atoms with Gasteiger partial charge in [-0.15, -0.1) is 0 Å². The van der Waals surface area contributed by atoms with Gasteiger partial charge in [0.2, 0.25) is 5.06 Å². The number of aliphatic hydroxyl groups is 1. The Morgan fingerprint density at radius 1 is 1.57 bits per heavy atom. The van der Waals surface area contributed by atoms with E-state index in [1.165, 1.54) is 22.4 Å². The lowest BCUT2D eigenvalue weighted by molar-refractivity contribution is 0.149. The fourth-order valence-corrected chi connectivity index (χ4v) is 2.23. The van der Waals surface area contributed by atoms with Gasteiger partial charge in [0.15, 0.2) is 5.13 Å². The Balaban J connectivity index is 1.92. The average molecular weight is 308 g/mol. The molecule has 0 aromatic carbocycles. The topological polar surface area (TPSA) is 87.6 Å². The van der Waals surface area contributed by atoms with Crippen molar-refractivity contribution in [2.45, 2.75) is 13.0 Å². The molecular formula is C13H16N4O3S. The van der Waals surface area contributed by atoms with Gasteiger partial charge in [-0.2, -0.15) is 0 Å². The van der Waals surface area contributed by atoms with E-state index in [1.54, 1.807) is 38.5 Å². The summed E-state index contributed by atoms with van der Waals surface area (Å²) in [5.74, 6) is 0.602. The molecule has 2 amide bonds. The van der Waals surface area contributed by atoms with Gasteiger partial charge < -0.3 is 14.7 Å². The maximum absolute atomic E-state index is 11.8. The minimum atomic E-state index is -0.582. The molecule has 0 unspecified atom stereocenters. The van der Waals surface area contributed by atoms with Crippen molar-refractivity contribution in [3.05, 3.63) is 30.7 Å². The highest BCUT2D eigenvalue weighted by atomic mass is 32.1. The molecule has 0 bridgehead atoms. The number of nitrogens with zero attached hydrogens (tertiary/aromatic N) is 3. The molecule has 0 fully saturated rings. The Morgan fingerprint density at radius 2 is 2.38 bits per heavy atom. The van der Waals surface area contributed by atoms with Crippen LogP contribution in [0.4, 0.5) is 9.93 Å². The Labute approximate surface area is 126 Å². The number of ether oxygens (including phenoxy) is 1. The minimum absolute atomic E-state index is 0.246. The molecule has 7 nitrogen and oxygen atoms in total. The number of carbonyl (C=O) groups excluding carboxylic acids is 1. The van der Waals surface area contributed by atoms with E-state index in [0.717, 1.165) is 0 Å². The largest absolute Gasteiger partial charge is 0.443 e. The Bertz CT molecular complexity index is 588. The number of anilines is 1. The smallest absolute Gasteiger partial charge is 0.323 e. The van der Waals surface area contributed by atoms with Crippen LogP contribution in [0.2, 0.25) is 0 Å². The monoisotopic (exact) mass is 308 g/mol. The molecule has 112 valence electrons. The second-order valence-corrected chi connectivity index (χ2v) is 5.43. The van der Waals surface area contributed by atoms with E-state index in [4.69, 9.17) is 4.74 Å². The van der Waals surface area contributed by atoms with Crippen LogP contribution in [0.3, 0.4) is 0 Å². The van der Waals surface area contributed by atoms with Crippen molar-refractivity contribution in [1.82, 2.24) is 14.9 Å². The van der Waals surface area contributed by atoms with Gasteiger partial charge in [-0.05, 0) is 19.1 Å². The van der Waals surface area contributed by atoms with Crippen molar-refractivity contribution < 1.29 is 14.6 Å². The van der Waals surface area contributed by atoms with Crippen molar-refractivity contribution in [1.29, 1.82) is 0 Å². The summed E-state index contributed by atoms with van der Waals surface area (Å²) in [7, 11) is 1.60. The van der Waals surface area contributed by atoms with E-state index >= 15 is 0 Å². The number of aliphatic hydroxyl groups excluding tert-OH is 1. The number of rotatable bonds is 5. The van der Waals surface area contributed by atoms with E-state index in [9.17, 15) is 9.90 Å². The third kappa shape index (κ3) is 4.69. The maximum Gasteiger partial charge on any atom is 0.323 e. The standard InChI is InChI=1S/C13H16N4O3S/c1-9(18)8-17(2)13(19)16-12-15-7-11(21-12)20-10-4-3-5-14-6-10/h3-7,9,18H,8H2,1-2H3,(H,15,16,19)/t9-/m0/s1. The number of aromatic nitrogens is 2. The third-order valence-corrected chi connectivity index (χ3v) is 3.23. The fourth-order valence-electron chi connectivity index (χ4n) is 1.55. The first-order valence-corrected chi connectivity index (χ1v) is 7.10. The lowest BCUT2D eigenvalue weighted by Crippen LogP contribution is -2.36. The molecule has 2 N–H and O–H groups in total. The Kier molecular flexibility index (Phi) is 5.07. The summed E-state index contributed by atoms with van der Waals surface area (Å²) in [5.41, 5.74) is 0. The predicted octanol–water partition coefficient (Wildman–Crippen LogP) is 2.17. The minimum Gasteiger partial charge on any atom is -0.443 e. The van der Waals surface area contributed by atoms with Crippen LogP contribution in [0.1, 0.15) is 6.92 Å². The molecule has 2 heterocycles. The highest BCUT2D eigenvalue weighted by Gasteiger charge is 2.13. The molecule has 2 aromatic rings. The third-order valence-electron chi connectivity index (χ3n) is 2.44. The lowest BCUT2D eigenvalue weighted by Gasteiger charge is -2.18. The normalized spacial score (nSPS) is 11.8. The number of likely N-dealkylation sites (N-methyl/N-ethyl adjacent to an activating group) is 1. The van der Waals surface area contributed by atoms with Crippen LogP contribution in [-0.4, -0.2) is 45.7 Å². The highest BCUT2D eigenvalue weighted by Crippen LogP contribution is 2.29. The first-order chi connectivity index (χ1) is 10.0. The van der Waals surface area contributed by atoms with E-state index < -0.39 is 6.10 Å². The van der Waals surface area contributed by atoms with Gasteiger partial charge in [-0.25, -0.2) is 9.78 Å². The summed E-state index contributed by atoms with van der Waals surface area (Å²) in [6, 6.07) is 3.21. The van der Waals surface area contributed by atoms with Crippen molar-refractivity contribution >= 4 is 22.5 Å². The van der Waals surface area contributed by atoms with Crippen molar-refractivity contribution in [3.63, 3.8) is 0 Å². The molecule has 0 aliphatic heterocycles. The summed E-state index contributed by atoms with van der Waals surface area (Å²) in [5, 5.41) is 12.9. The molecule has 1 atom stereocenters. The molecule has 0 saturated heterocycles. The van der Waals surface area contributed by atoms with Crippen LogP contribution in [0.25, 0.3) is 0 Å². The first-order valence-electron chi connectivity index (χ1n) is 6.28. The molecular weight excluding hydrogens is 292 g/mol. The van der Waals surface area contributed by atoms with Gasteiger partial charge in [-0.1, -0.05) is 11.3 Å². The van der Waals surface area contributed by atoms with Gasteiger partial charge >= 0.3 is 6.03 Å². The molecule has 2 rings (SSSR count). The molecule has 0 radical (unpaired) electrons. The zero-order chi connectivity index (χ0) is 15.2.